The summed E-state index contributed by atoms with van der Waals surface area (Å²) < 4.78 is 5.75. The Morgan fingerprint density at radius 2 is 1.76 bits per heavy atom. The number of carbonyl (C=O) groups is 1. The number of hydrogen-bond acceptors (Lipinski definition) is 4. The minimum absolute atomic E-state index is 0.0148. The van der Waals surface area contributed by atoms with E-state index in [9.17, 15) is 15.0 Å². The molecule has 1 aliphatic heterocycles. The highest BCUT2D eigenvalue weighted by Gasteiger charge is 2.66. The Hall–Kier alpha value is -0.710. The van der Waals surface area contributed by atoms with Crippen LogP contribution in [-0.2, 0) is 9.53 Å². The van der Waals surface area contributed by atoms with Crippen LogP contribution in [0.4, 0.5) is 0 Å². The lowest BCUT2D eigenvalue weighted by Crippen LogP contribution is -2.58. The summed E-state index contributed by atoms with van der Waals surface area (Å²) in [6, 6.07) is 0. The maximum Gasteiger partial charge on any atom is 0.141 e. The zero-order valence-electron chi connectivity index (χ0n) is 22.6. The fourth-order valence-corrected chi connectivity index (χ4v) is 10.0. The van der Waals surface area contributed by atoms with Gasteiger partial charge in [0.25, 0.3) is 0 Å². The molecule has 0 aromatic rings. The smallest absolute Gasteiger partial charge is 0.141 e. The van der Waals surface area contributed by atoms with E-state index in [0.717, 1.165) is 19.3 Å². The number of fused-ring (bicyclic) bond motifs is 5. The number of allylic oxidation sites excluding steroid dienone is 2. The Balaban J connectivity index is 1.41. The topological polar surface area (TPSA) is 70.1 Å². The molecule has 4 nitrogen and oxygen atoms in total. The van der Waals surface area contributed by atoms with Crippen LogP contribution in [0.2, 0.25) is 0 Å². The van der Waals surface area contributed by atoms with Gasteiger partial charge in [0, 0.05) is 6.42 Å². The molecule has 4 heteroatoms. The number of Topliss-reactive ketones (excluding diaryl/α,β-unsaturated/α-hetero) is 1. The van der Waals surface area contributed by atoms with E-state index >= 15 is 0 Å². The van der Waals surface area contributed by atoms with Crippen LogP contribution in [0.1, 0.15) is 99.8 Å². The molecule has 192 valence electrons. The second kappa shape index (κ2) is 7.65. The lowest BCUT2D eigenvalue weighted by atomic mass is 9.41. The molecular weight excluding hydrogens is 424 g/mol. The molecule has 5 rings (SSSR count). The maximum atomic E-state index is 12.9. The third-order valence-corrected chi connectivity index (χ3v) is 12.5. The monoisotopic (exact) mass is 472 g/mol. The van der Waals surface area contributed by atoms with Crippen LogP contribution >= 0.6 is 0 Å². The lowest BCUT2D eigenvalue weighted by molar-refractivity contribution is -0.153. The first-order valence-electron chi connectivity index (χ1n) is 14.0. The average molecular weight is 473 g/mol. The van der Waals surface area contributed by atoms with Gasteiger partial charge in [-0.3, -0.25) is 4.79 Å². The zero-order valence-corrected chi connectivity index (χ0v) is 22.6. The summed E-state index contributed by atoms with van der Waals surface area (Å²) in [6.07, 6.45) is 10.3. The Morgan fingerprint density at radius 3 is 2.38 bits per heavy atom. The predicted octanol–water partition coefficient (Wildman–Crippen LogP) is 5.70. The van der Waals surface area contributed by atoms with Crippen LogP contribution < -0.4 is 0 Å². The maximum absolute atomic E-state index is 12.9. The van der Waals surface area contributed by atoms with Crippen LogP contribution in [-0.4, -0.2) is 40.4 Å². The molecule has 4 aliphatic carbocycles. The van der Waals surface area contributed by atoms with Crippen molar-refractivity contribution in [2.45, 2.75) is 118 Å². The second-order valence-electron chi connectivity index (χ2n) is 14.4. The molecule has 1 heterocycles. The normalized spacial score (nSPS) is 51.1. The van der Waals surface area contributed by atoms with Gasteiger partial charge in [0.2, 0.25) is 0 Å². The number of hydrogen-bond donors (Lipinski definition) is 2. The zero-order chi connectivity index (χ0) is 24.9. The minimum Gasteiger partial charge on any atom is -0.395 e. The number of rotatable bonds is 5. The van der Waals surface area contributed by atoms with Gasteiger partial charge < -0.3 is 14.9 Å². The van der Waals surface area contributed by atoms with E-state index in [1.54, 1.807) is 5.57 Å². The highest BCUT2D eigenvalue weighted by molar-refractivity contribution is 5.86. The third-order valence-electron chi connectivity index (χ3n) is 12.5. The van der Waals surface area contributed by atoms with Crippen molar-refractivity contribution >= 4 is 5.78 Å². The standard InChI is InChI=1S/C30H48O4/c1-18(16-22(32)25-26(2,3)34-25)19-10-14-30(7)21-8-9-23-27(4,20(21)11-15-29(19,30)6)13-12-24(33)28(23,5)17-31/h8,18-20,22-23,25,31-32H,9-17H2,1-7H3. The molecule has 2 N–H and O–H groups in total. The van der Waals surface area contributed by atoms with Gasteiger partial charge in [-0.15, -0.1) is 0 Å². The Kier molecular flexibility index (Phi) is 5.62. The summed E-state index contributed by atoms with van der Waals surface area (Å²) in [7, 11) is 0. The van der Waals surface area contributed by atoms with Gasteiger partial charge in [0.15, 0.2) is 0 Å². The van der Waals surface area contributed by atoms with E-state index < -0.39 is 5.41 Å². The molecule has 5 aliphatic rings. The Bertz CT molecular complexity index is 892. The van der Waals surface area contributed by atoms with Crippen molar-refractivity contribution in [1.82, 2.24) is 0 Å². The van der Waals surface area contributed by atoms with Gasteiger partial charge in [0.05, 0.1) is 23.7 Å². The van der Waals surface area contributed by atoms with Crippen LogP contribution in [0.3, 0.4) is 0 Å². The van der Waals surface area contributed by atoms with Gasteiger partial charge in [0.1, 0.15) is 11.9 Å². The van der Waals surface area contributed by atoms with Crippen molar-refractivity contribution in [2.75, 3.05) is 6.61 Å². The molecule has 0 aromatic carbocycles. The van der Waals surface area contributed by atoms with Gasteiger partial charge >= 0.3 is 0 Å². The molecule has 0 bridgehead atoms. The summed E-state index contributed by atoms with van der Waals surface area (Å²) >= 11 is 0. The molecule has 34 heavy (non-hydrogen) atoms. The number of carbonyl (C=O) groups excluding carboxylic acids is 1. The largest absolute Gasteiger partial charge is 0.395 e. The first-order valence-corrected chi connectivity index (χ1v) is 14.0. The van der Waals surface area contributed by atoms with Crippen molar-refractivity contribution < 1.29 is 19.7 Å². The van der Waals surface area contributed by atoms with Crippen LogP contribution in [0.15, 0.2) is 11.6 Å². The molecule has 0 spiro atoms. The van der Waals surface area contributed by atoms with Crippen LogP contribution in [0.5, 0.6) is 0 Å². The molecular formula is C30H48O4. The Morgan fingerprint density at radius 1 is 1.09 bits per heavy atom. The number of ether oxygens (including phenoxy) is 1. The molecule has 0 aromatic heterocycles. The van der Waals surface area contributed by atoms with Gasteiger partial charge in [-0.2, -0.15) is 0 Å². The fourth-order valence-electron chi connectivity index (χ4n) is 10.0. The van der Waals surface area contributed by atoms with Crippen molar-refractivity contribution in [3.8, 4) is 0 Å². The molecule has 10 unspecified atom stereocenters. The highest BCUT2D eigenvalue weighted by atomic mass is 16.6. The van der Waals surface area contributed by atoms with E-state index in [0.29, 0.717) is 24.2 Å². The van der Waals surface area contributed by atoms with Crippen LogP contribution in [0, 0.1) is 45.3 Å². The SMILES string of the molecule is CC(CC(O)C1OC1(C)C)C1CCC2(C)C3=CCC4C(C)(CO)C(=O)CCC4(C)C3CCC12C. The molecule has 0 radical (unpaired) electrons. The van der Waals surface area contributed by atoms with E-state index in [4.69, 9.17) is 4.74 Å². The van der Waals surface area contributed by atoms with Crippen LogP contribution in [0.25, 0.3) is 0 Å². The summed E-state index contributed by atoms with van der Waals surface area (Å²) in [6.45, 7) is 16.0. The average Bonchev–Trinajstić information content (AvgIpc) is 3.32. The molecule has 10 atom stereocenters. The number of ketones is 1. The van der Waals surface area contributed by atoms with Gasteiger partial charge in [-0.25, -0.2) is 0 Å². The minimum atomic E-state index is -0.599. The van der Waals surface area contributed by atoms with E-state index in [1.807, 2.05) is 6.92 Å². The van der Waals surface area contributed by atoms with Gasteiger partial charge in [-0.1, -0.05) is 46.3 Å². The van der Waals surface area contributed by atoms with Crippen molar-refractivity contribution in [2.24, 2.45) is 45.3 Å². The molecule has 1 saturated heterocycles. The lowest BCUT2D eigenvalue weighted by Gasteiger charge is -2.63. The summed E-state index contributed by atoms with van der Waals surface area (Å²) in [5.74, 6) is 2.09. The quantitative estimate of drug-likeness (QED) is 0.398. The molecule has 4 fully saturated rings. The molecule has 0 amide bonds. The summed E-state index contributed by atoms with van der Waals surface area (Å²) in [5, 5.41) is 21.1. The number of epoxide rings is 1. The van der Waals surface area contributed by atoms with E-state index in [-0.39, 0.29) is 52.4 Å². The van der Waals surface area contributed by atoms with Crippen molar-refractivity contribution in [3.63, 3.8) is 0 Å². The van der Waals surface area contributed by atoms with E-state index in [1.165, 1.54) is 25.7 Å². The Labute approximate surface area is 206 Å². The third kappa shape index (κ3) is 3.16. The number of aliphatic hydroxyl groups is 2. The van der Waals surface area contributed by atoms with Crippen molar-refractivity contribution in [1.29, 1.82) is 0 Å². The predicted molar refractivity (Wildman–Crippen MR) is 134 cm³/mol. The van der Waals surface area contributed by atoms with Crippen molar-refractivity contribution in [3.05, 3.63) is 11.6 Å². The number of aliphatic hydroxyl groups excluding tert-OH is 2. The fraction of sp³-hybridized carbons (Fsp3) is 0.900. The van der Waals surface area contributed by atoms with Gasteiger partial charge in [-0.05, 0) is 98.7 Å². The highest BCUT2D eigenvalue weighted by Crippen LogP contribution is 2.73. The first-order chi connectivity index (χ1) is 15.7. The first kappa shape index (κ1) is 25.0. The second-order valence-corrected chi connectivity index (χ2v) is 14.4. The summed E-state index contributed by atoms with van der Waals surface area (Å²) in [4.78, 5) is 12.9. The summed E-state index contributed by atoms with van der Waals surface area (Å²) in [5.41, 5.74) is 1.40. The molecule has 3 saturated carbocycles. The van der Waals surface area contributed by atoms with E-state index in [2.05, 4.69) is 47.6 Å².